The fourth-order valence-electron chi connectivity index (χ4n) is 5.75. The van der Waals surface area contributed by atoms with Crippen molar-refractivity contribution in [3.63, 3.8) is 0 Å². The van der Waals surface area contributed by atoms with Gasteiger partial charge in [0, 0.05) is 47.1 Å². The van der Waals surface area contributed by atoms with Crippen molar-refractivity contribution in [2.24, 2.45) is 17.8 Å². The van der Waals surface area contributed by atoms with E-state index in [1.54, 1.807) is 6.07 Å². The highest BCUT2D eigenvalue weighted by atomic mass is 19.4. The molecule has 5 rings (SSSR count). The van der Waals surface area contributed by atoms with E-state index in [1.165, 1.54) is 0 Å². The lowest BCUT2D eigenvalue weighted by molar-refractivity contribution is -0.137. The second kappa shape index (κ2) is 9.46. The van der Waals surface area contributed by atoms with Crippen LogP contribution in [0.3, 0.4) is 0 Å². The van der Waals surface area contributed by atoms with Gasteiger partial charge in [0.15, 0.2) is 5.82 Å². The zero-order chi connectivity index (χ0) is 25.7. The quantitative estimate of drug-likeness (QED) is 0.632. The van der Waals surface area contributed by atoms with Crippen LogP contribution in [0.25, 0.3) is 11.3 Å². The summed E-state index contributed by atoms with van der Waals surface area (Å²) in [5, 5.41) is 11.2. The molecule has 8 heteroatoms. The van der Waals surface area contributed by atoms with Gasteiger partial charge in [-0.1, -0.05) is 23.8 Å². The van der Waals surface area contributed by atoms with Gasteiger partial charge in [0.2, 0.25) is 0 Å². The summed E-state index contributed by atoms with van der Waals surface area (Å²) in [7, 11) is 0. The van der Waals surface area contributed by atoms with Crippen LogP contribution in [0.5, 0.6) is 0 Å². The van der Waals surface area contributed by atoms with Crippen LogP contribution in [0.15, 0.2) is 24.3 Å². The van der Waals surface area contributed by atoms with E-state index in [0.717, 1.165) is 30.0 Å². The van der Waals surface area contributed by atoms with Gasteiger partial charge in [-0.05, 0) is 68.9 Å². The van der Waals surface area contributed by atoms with Crippen molar-refractivity contribution in [1.29, 1.82) is 0 Å². The summed E-state index contributed by atoms with van der Waals surface area (Å²) in [5.41, 5.74) is 1.93. The number of hydrogen-bond acceptors (Lipinski definition) is 5. The Labute approximate surface area is 201 Å². The Kier molecular flexibility index (Phi) is 5.87. The molecule has 0 bridgehead atoms. The third-order valence-electron chi connectivity index (χ3n) is 7.44. The summed E-state index contributed by atoms with van der Waals surface area (Å²) in [5.74, 6) is 0.248. The molecule has 34 heavy (non-hydrogen) atoms. The van der Waals surface area contributed by atoms with Gasteiger partial charge in [-0.25, -0.2) is 0 Å². The summed E-state index contributed by atoms with van der Waals surface area (Å²) in [4.78, 5) is 1.95. The Morgan fingerprint density at radius 1 is 1.09 bits per heavy atom. The van der Waals surface area contributed by atoms with Crippen molar-refractivity contribution in [3.05, 3.63) is 41.0 Å². The minimum absolute atomic E-state index is 0.0423. The molecule has 2 aromatic rings. The van der Waals surface area contributed by atoms with E-state index in [1.807, 2.05) is 30.9 Å². The molecule has 3 fully saturated rings. The largest absolute Gasteiger partial charge is 0.420 e. The van der Waals surface area contributed by atoms with E-state index in [-0.39, 0.29) is 35.3 Å². The number of fused-ring (bicyclic) bond motifs is 1. The number of nitrogens with zero attached hydrogens (tertiary/aromatic N) is 3. The summed E-state index contributed by atoms with van der Waals surface area (Å²) in [6.07, 6.45) is -1.72. The monoisotopic (exact) mass is 476 g/mol. The molecule has 3 aliphatic rings. The van der Waals surface area contributed by atoms with Gasteiger partial charge in [0.25, 0.3) is 0 Å². The van der Waals surface area contributed by atoms with Crippen LogP contribution >= 0.6 is 0 Å². The molecule has 5 nitrogen and oxygen atoms in total. The zero-order valence-electron chi connectivity index (χ0n) is 21.7. The average Bonchev–Trinajstić information content (AvgIpc) is 3.39. The van der Waals surface area contributed by atoms with Crippen LogP contribution in [-0.2, 0) is 10.9 Å². The van der Waals surface area contributed by atoms with Crippen LogP contribution in [-0.4, -0.2) is 53.9 Å². The lowest BCUT2D eigenvalue weighted by Crippen LogP contribution is -2.32. The highest BCUT2D eigenvalue weighted by Gasteiger charge is 2.43. The molecule has 1 aromatic heterocycles. The fourth-order valence-corrected chi connectivity index (χ4v) is 5.75. The fraction of sp³-hybridized carbons (Fsp3) is 0.615. The molecule has 1 unspecified atom stereocenters. The normalized spacial score (nSPS) is 27.4. The van der Waals surface area contributed by atoms with E-state index in [9.17, 15) is 13.2 Å². The zero-order valence-corrected chi connectivity index (χ0v) is 19.7. The number of nitrogens with one attached hydrogen (secondary N) is 1. The summed E-state index contributed by atoms with van der Waals surface area (Å²) in [6.45, 7) is 4.88. The summed E-state index contributed by atoms with van der Waals surface area (Å²) < 4.78 is 64.9. The minimum atomic E-state index is -4.56. The van der Waals surface area contributed by atoms with E-state index in [2.05, 4.69) is 15.5 Å². The molecule has 0 spiro atoms. The molecule has 3 atom stereocenters. The van der Waals surface area contributed by atoms with Gasteiger partial charge in [0.1, 0.15) is 5.56 Å². The number of ether oxygens (including phenoxy) is 1. The second-order valence-corrected chi connectivity index (χ2v) is 10.1. The number of aromatic nitrogens is 2. The van der Waals surface area contributed by atoms with Crippen molar-refractivity contribution in [1.82, 2.24) is 15.1 Å². The van der Waals surface area contributed by atoms with Crippen molar-refractivity contribution < 1.29 is 20.6 Å². The maximum Gasteiger partial charge on any atom is 0.420 e. The van der Waals surface area contributed by atoms with Gasteiger partial charge in [-0.3, -0.25) is 0 Å². The standard InChI is InChI=1S/C26H33F3N4O/c1-16-3-4-22(17(2)9-16)24-12-23(26(27,28)29)25(32-31-24)30-21-10-19-14-33(15-20(19)11-21)13-18-5-7-34-8-6-18/h3-4,9,12,18-21H,5-8,10-11,13-15H2,1-2H3,(H,30,32)/t19-,20+,21?/i13D2. The van der Waals surface area contributed by atoms with Gasteiger partial charge >= 0.3 is 6.18 Å². The molecule has 3 heterocycles. The predicted molar refractivity (Wildman–Crippen MR) is 126 cm³/mol. The first kappa shape index (κ1) is 21.1. The molecule has 1 aromatic carbocycles. The SMILES string of the molecule is [2H]C([2H])(C1CCOCC1)N1C[C@H]2CC(Nc3nnc(-c4ccc(C)cc4C)cc3C(F)(F)F)C[C@H]2C1. The van der Waals surface area contributed by atoms with E-state index < -0.39 is 18.2 Å². The number of benzene rings is 1. The number of anilines is 1. The lowest BCUT2D eigenvalue weighted by Gasteiger charge is -2.28. The van der Waals surface area contributed by atoms with Crippen LogP contribution in [0.2, 0.25) is 0 Å². The van der Waals surface area contributed by atoms with Crippen molar-refractivity contribution in [3.8, 4) is 11.3 Å². The summed E-state index contributed by atoms with van der Waals surface area (Å²) >= 11 is 0. The molecular weight excluding hydrogens is 441 g/mol. The van der Waals surface area contributed by atoms with Gasteiger partial charge in [-0.2, -0.15) is 13.2 Å². The number of aryl methyl sites for hydroxylation is 2. The molecule has 2 aliphatic heterocycles. The van der Waals surface area contributed by atoms with Crippen LogP contribution < -0.4 is 5.32 Å². The first-order valence-corrected chi connectivity index (χ1v) is 12.1. The predicted octanol–water partition coefficient (Wildman–Crippen LogP) is 5.33. The highest BCUT2D eigenvalue weighted by Crippen LogP contribution is 2.42. The Balaban J connectivity index is 1.28. The van der Waals surface area contributed by atoms with E-state index >= 15 is 0 Å². The van der Waals surface area contributed by atoms with E-state index in [0.29, 0.717) is 44.7 Å². The third-order valence-corrected chi connectivity index (χ3v) is 7.44. The molecule has 1 N–H and O–H groups in total. The molecule has 0 amide bonds. The maximum atomic E-state index is 14.0. The third kappa shape index (κ3) is 5.08. The van der Waals surface area contributed by atoms with Gasteiger partial charge < -0.3 is 15.0 Å². The van der Waals surface area contributed by atoms with Crippen molar-refractivity contribution in [2.45, 2.75) is 51.7 Å². The first-order valence-electron chi connectivity index (χ1n) is 13.1. The Morgan fingerprint density at radius 2 is 1.79 bits per heavy atom. The number of likely N-dealkylation sites (tertiary alicyclic amines) is 1. The van der Waals surface area contributed by atoms with Crippen molar-refractivity contribution >= 4 is 5.82 Å². The molecule has 1 saturated carbocycles. The molecule has 0 radical (unpaired) electrons. The first-order chi connectivity index (χ1) is 17.0. The Bertz CT molecular complexity index is 1090. The smallest absolute Gasteiger partial charge is 0.381 e. The second-order valence-electron chi connectivity index (χ2n) is 10.1. The van der Waals surface area contributed by atoms with Gasteiger partial charge in [0.05, 0.1) is 5.69 Å². The molecular formula is C26H33F3N4O. The Hall–Kier alpha value is -2.19. The molecule has 1 aliphatic carbocycles. The average molecular weight is 477 g/mol. The summed E-state index contributed by atoms with van der Waals surface area (Å²) in [6, 6.07) is 6.51. The van der Waals surface area contributed by atoms with Crippen LogP contribution in [0.1, 0.15) is 45.1 Å². The number of hydrogen-bond donors (Lipinski definition) is 1. The highest BCUT2D eigenvalue weighted by molar-refractivity contribution is 5.66. The lowest BCUT2D eigenvalue weighted by atomic mass is 10.00. The Morgan fingerprint density at radius 3 is 2.44 bits per heavy atom. The van der Waals surface area contributed by atoms with E-state index in [4.69, 9.17) is 7.48 Å². The van der Waals surface area contributed by atoms with Crippen LogP contribution in [0.4, 0.5) is 19.0 Å². The number of halogens is 3. The van der Waals surface area contributed by atoms with Crippen molar-refractivity contribution in [2.75, 3.05) is 38.1 Å². The maximum absolute atomic E-state index is 14.0. The molecule has 2 saturated heterocycles. The topological polar surface area (TPSA) is 50.3 Å². The van der Waals surface area contributed by atoms with Crippen LogP contribution in [0, 0.1) is 31.6 Å². The number of alkyl halides is 3. The van der Waals surface area contributed by atoms with Gasteiger partial charge in [-0.15, -0.1) is 10.2 Å². The number of rotatable bonds is 5. The molecule has 184 valence electrons. The minimum Gasteiger partial charge on any atom is -0.381 e.